The van der Waals surface area contributed by atoms with Crippen LogP contribution >= 0.6 is 7.26 Å². The van der Waals surface area contributed by atoms with Crippen LogP contribution in [0.2, 0.25) is 0 Å². The van der Waals surface area contributed by atoms with Crippen molar-refractivity contribution in [2.24, 2.45) is 0 Å². The van der Waals surface area contributed by atoms with E-state index >= 15 is 0 Å². The first kappa shape index (κ1) is 24.9. The SMILES string of the molecule is Cc1cc(C#N)cc(C)c1NC(=O)C(C)[PH]1(CC(=O)OCc2ccccc2)CCCCCC1. The Bertz CT molecular complexity index is 998. The molecule has 1 fully saturated rings. The second-order valence-electron chi connectivity index (χ2n) is 9.41. The van der Waals surface area contributed by atoms with E-state index in [4.69, 9.17) is 4.74 Å². The zero-order chi connectivity index (χ0) is 23.8. The van der Waals surface area contributed by atoms with Gasteiger partial charge in [-0.1, -0.05) is 0 Å². The van der Waals surface area contributed by atoms with Crippen molar-refractivity contribution in [1.29, 1.82) is 5.26 Å². The van der Waals surface area contributed by atoms with E-state index in [1.54, 1.807) is 12.1 Å². The Hall–Kier alpha value is -2.70. The number of ether oxygens (including phenoxy) is 1. The molecule has 1 atom stereocenters. The van der Waals surface area contributed by atoms with Crippen LogP contribution < -0.4 is 5.32 Å². The molecule has 6 heteroatoms. The third-order valence-corrected chi connectivity index (χ3v) is 12.9. The first-order chi connectivity index (χ1) is 15.8. The zero-order valence-corrected chi connectivity index (χ0v) is 20.9. The van der Waals surface area contributed by atoms with Crippen LogP contribution in [0, 0.1) is 25.2 Å². The fourth-order valence-corrected chi connectivity index (χ4v) is 10.00. The summed E-state index contributed by atoms with van der Waals surface area (Å²) in [6.07, 6.45) is 6.82. The van der Waals surface area contributed by atoms with Crippen molar-refractivity contribution in [3.63, 3.8) is 0 Å². The van der Waals surface area contributed by atoms with Crippen LogP contribution in [0.4, 0.5) is 5.69 Å². The third-order valence-electron chi connectivity index (χ3n) is 7.06. The molecule has 1 amide bonds. The van der Waals surface area contributed by atoms with Gasteiger partial charge in [-0.3, -0.25) is 0 Å². The van der Waals surface area contributed by atoms with E-state index in [1.165, 1.54) is 0 Å². The van der Waals surface area contributed by atoms with Crippen LogP contribution in [0.25, 0.3) is 0 Å². The van der Waals surface area contributed by atoms with E-state index in [9.17, 15) is 14.9 Å². The van der Waals surface area contributed by atoms with Gasteiger partial charge in [-0.25, -0.2) is 0 Å². The molecular weight excluding hydrogens is 431 g/mol. The molecule has 3 rings (SSSR count). The number of nitriles is 1. The molecule has 0 aliphatic carbocycles. The summed E-state index contributed by atoms with van der Waals surface area (Å²) in [5.41, 5.74) is 3.90. The number of esters is 1. The molecular formula is C27H35N2O3P. The van der Waals surface area contributed by atoms with E-state index in [0.717, 1.165) is 60.4 Å². The quantitative estimate of drug-likeness (QED) is 0.427. The molecule has 5 nitrogen and oxygen atoms in total. The third kappa shape index (κ3) is 6.42. The Morgan fingerprint density at radius 3 is 2.24 bits per heavy atom. The summed E-state index contributed by atoms with van der Waals surface area (Å²) in [6.45, 7) is 6.10. The number of aryl methyl sites for hydroxylation is 2. The van der Waals surface area contributed by atoms with Crippen molar-refractivity contribution in [3.8, 4) is 6.07 Å². The molecule has 0 aromatic heterocycles. The van der Waals surface area contributed by atoms with Crippen molar-refractivity contribution < 1.29 is 14.3 Å². The fraction of sp³-hybridized carbons (Fsp3) is 0.444. The molecule has 1 aliphatic heterocycles. The first-order valence-corrected chi connectivity index (χ1v) is 14.6. The molecule has 1 aliphatic rings. The standard InChI is InChI=1S/C27H35N2O3P/c1-20-15-24(17-28)16-21(2)26(20)29-27(31)22(3)33(13-9-4-5-10-14-33)19-25(30)32-18-23-11-7-6-8-12-23/h6-8,11-12,15-16,22,33H,4-5,9-10,13-14,18-19H2,1-3H3,(H,29,31). The summed E-state index contributed by atoms with van der Waals surface area (Å²) in [5, 5.41) is 12.3. The van der Waals surface area contributed by atoms with Gasteiger partial charge in [0.1, 0.15) is 0 Å². The molecule has 176 valence electrons. The molecule has 0 radical (unpaired) electrons. The molecule has 1 saturated heterocycles. The van der Waals surface area contributed by atoms with Gasteiger partial charge in [0.2, 0.25) is 0 Å². The van der Waals surface area contributed by atoms with Crippen LogP contribution in [-0.2, 0) is 20.9 Å². The Morgan fingerprint density at radius 1 is 1.06 bits per heavy atom. The summed E-state index contributed by atoms with van der Waals surface area (Å²) < 4.78 is 5.64. The van der Waals surface area contributed by atoms with Gasteiger partial charge in [-0.15, -0.1) is 0 Å². The van der Waals surface area contributed by atoms with Gasteiger partial charge in [0.05, 0.1) is 0 Å². The maximum atomic E-state index is 13.5. The van der Waals surface area contributed by atoms with Gasteiger partial charge >= 0.3 is 198 Å². The van der Waals surface area contributed by atoms with Crippen LogP contribution in [0.3, 0.4) is 0 Å². The minimum absolute atomic E-state index is 0.0182. The van der Waals surface area contributed by atoms with E-state index in [0.29, 0.717) is 11.7 Å². The van der Waals surface area contributed by atoms with Crippen LogP contribution in [-0.4, -0.2) is 36.0 Å². The van der Waals surface area contributed by atoms with Crippen LogP contribution in [0.5, 0.6) is 0 Å². The van der Waals surface area contributed by atoms with Crippen molar-refractivity contribution in [3.05, 3.63) is 64.7 Å². The van der Waals surface area contributed by atoms with Gasteiger partial charge < -0.3 is 0 Å². The number of amides is 1. The molecule has 1 heterocycles. The molecule has 2 aromatic carbocycles. The first-order valence-electron chi connectivity index (χ1n) is 11.9. The number of anilines is 1. The summed E-state index contributed by atoms with van der Waals surface area (Å²) in [6, 6.07) is 15.5. The number of hydrogen-bond donors (Lipinski definition) is 1. The van der Waals surface area contributed by atoms with Crippen LogP contribution in [0.15, 0.2) is 42.5 Å². The Balaban J connectivity index is 1.75. The zero-order valence-electron chi connectivity index (χ0n) is 19.9. The number of carbonyl (C=O) groups excluding carboxylic acids is 2. The molecule has 1 unspecified atom stereocenters. The monoisotopic (exact) mass is 466 g/mol. The maximum absolute atomic E-state index is 13.5. The summed E-state index contributed by atoms with van der Waals surface area (Å²) in [4.78, 5) is 26.4. The Morgan fingerprint density at radius 2 is 1.67 bits per heavy atom. The number of rotatable bonds is 7. The predicted molar refractivity (Wildman–Crippen MR) is 136 cm³/mol. The average Bonchev–Trinajstić information content (AvgIpc) is 3.06. The van der Waals surface area contributed by atoms with Gasteiger partial charge in [-0.05, 0) is 0 Å². The second-order valence-corrected chi connectivity index (χ2v) is 14.4. The summed E-state index contributed by atoms with van der Waals surface area (Å²) in [7, 11) is -2.25. The van der Waals surface area contributed by atoms with Crippen molar-refractivity contribution in [2.45, 2.75) is 58.7 Å². The number of nitrogens with one attached hydrogen (secondary N) is 1. The van der Waals surface area contributed by atoms with E-state index < -0.39 is 7.26 Å². The summed E-state index contributed by atoms with van der Waals surface area (Å²) in [5.74, 6) is -0.201. The molecule has 33 heavy (non-hydrogen) atoms. The fourth-order valence-electron chi connectivity index (χ4n) is 5.01. The second kappa shape index (κ2) is 11.4. The topological polar surface area (TPSA) is 79.2 Å². The van der Waals surface area contributed by atoms with Gasteiger partial charge in [-0.2, -0.15) is 0 Å². The van der Waals surface area contributed by atoms with E-state index in [-0.39, 0.29) is 24.1 Å². The van der Waals surface area contributed by atoms with E-state index in [1.807, 2.05) is 51.1 Å². The Labute approximate surface area is 197 Å². The molecule has 1 N–H and O–H groups in total. The summed E-state index contributed by atoms with van der Waals surface area (Å²) >= 11 is 0. The molecule has 0 bridgehead atoms. The number of nitrogens with zero attached hydrogens (tertiary/aromatic N) is 1. The average molecular weight is 467 g/mol. The van der Waals surface area contributed by atoms with E-state index in [2.05, 4.69) is 11.4 Å². The van der Waals surface area contributed by atoms with Crippen molar-refractivity contribution in [1.82, 2.24) is 0 Å². The minimum atomic E-state index is -2.25. The van der Waals surface area contributed by atoms with Crippen molar-refractivity contribution >= 4 is 24.8 Å². The molecule has 0 spiro atoms. The molecule has 2 aromatic rings. The number of benzene rings is 2. The van der Waals surface area contributed by atoms with Gasteiger partial charge in [0, 0.05) is 0 Å². The normalized spacial score (nSPS) is 17.2. The van der Waals surface area contributed by atoms with Gasteiger partial charge in [0.25, 0.3) is 0 Å². The van der Waals surface area contributed by atoms with Crippen molar-refractivity contribution in [2.75, 3.05) is 23.8 Å². The van der Waals surface area contributed by atoms with Crippen LogP contribution in [0.1, 0.15) is 54.9 Å². The Kier molecular flexibility index (Phi) is 8.64. The van der Waals surface area contributed by atoms with Gasteiger partial charge in [0.15, 0.2) is 0 Å². The number of carbonyl (C=O) groups is 2. The predicted octanol–water partition coefficient (Wildman–Crippen LogP) is 5.57. The number of hydrogen-bond acceptors (Lipinski definition) is 4. The molecule has 0 saturated carbocycles.